The molecule has 0 N–H and O–H groups in total. The van der Waals surface area contributed by atoms with E-state index in [-0.39, 0.29) is 17.1 Å². The fourth-order valence-corrected chi connectivity index (χ4v) is 2.41. The SMILES string of the molecule is CCCC/C=[CH]/[Zn][CH2]C. The molecule has 0 spiro atoms. The molecule has 0 aliphatic rings. The zero-order chi connectivity index (χ0) is 6.95. The van der Waals surface area contributed by atoms with Gasteiger partial charge in [-0.25, -0.2) is 0 Å². The fraction of sp³-hybridized carbons (Fsp3) is 0.750. The summed E-state index contributed by atoms with van der Waals surface area (Å²) < 4.78 is 2.47. The molecule has 50 valence electrons. The molecule has 0 atom stereocenters. The Morgan fingerprint density at radius 3 is 2.67 bits per heavy atom. The molecule has 0 aromatic carbocycles. The maximum absolute atomic E-state index is 2.47. The van der Waals surface area contributed by atoms with Crippen LogP contribution in [-0.4, -0.2) is 0 Å². The number of allylic oxidation sites excluding steroid dienone is 1. The molecule has 0 fully saturated rings. The molecule has 0 bridgehead atoms. The van der Waals surface area contributed by atoms with E-state index < -0.39 is 0 Å². The van der Waals surface area contributed by atoms with E-state index in [4.69, 9.17) is 0 Å². The van der Waals surface area contributed by atoms with Crippen LogP contribution in [0.25, 0.3) is 0 Å². The Labute approximate surface area is 66.3 Å². The molecule has 0 amide bonds. The number of unbranched alkanes of at least 4 members (excludes halogenated alkanes) is 2. The van der Waals surface area contributed by atoms with E-state index in [0.29, 0.717) is 0 Å². The Hall–Kier alpha value is 0.363. The van der Waals surface area contributed by atoms with Crippen molar-refractivity contribution in [3.05, 3.63) is 10.7 Å². The summed E-state index contributed by atoms with van der Waals surface area (Å²) in [6.45, 7) is 4.54. The second-order valence-electron chi connectivity index (χ2n) is 2.40. The molecule has 0 aliphatic carbocycles. The van der Waals surface area contributed by atoms with Crippen LogP contribution < -0.4 is 0 Å². The van der Waals surface area contributed by atoms with Gasteiger partial charge in [0.15, 0.2) is 0 Å². The number of rotatable bonds is 5. The van der Waals surface area contributed by atoms with Crippen molar-refractivity contribution in [1.29, 1.82) is 0 Å². The van der Waals surface area contributed by atoms with Crippen molar-refractivity contribution in [1.82, 2.24) is 0 Å². The second-order valence-corrected chi connectivity index (χ2v) is 6.70. The first kappa shape index (κ1) is 9.36. The van der Waals surface area contributed by atoms with E-state index in [1.807, 2.05) is 0 Å². The third-order valence-corrected chi connectivity index (χ3v) is 3.96. The van der Waals surface area contributed by atoms with Gasteiger partial charge in [-0.2, -0.15) is 0 Å². The normalized spacial score (nSPS) is 10.0. The van der Waals surface area contributed by atoms with Crippen LogP contribution in [0.3, 0.4) is 0 Å². The van der Waals surface area contributed by atoms with Crippen LogP contribution in [0.1, 0.15) is 33.1 Å². The summed E-state index contributed by atoms with van der Waals surface area (Å²) in [5.74, 6) is 0. The van der Waals surface area contributed by atoms with Crippen LogP contribution in [0, 0.1) is 0 Å². The van der Waals surface area contributed by atoms with Gasteiger partial charge in [-0.05, 0) is 0 Å². The van der Waals surface area contributed by atoms with Crippen LogP contribution in [0.15, 0.2) is 10.7 Å². The third kappa shape index (κ3) is 8.36. The monoisotopic (exact) mass is 176 g/mol. The molecule has 0 saturated heterocycles. The van der Waals surface area contributed by atoms with Gasteiger partial charge in [0.1, 0.15) is 0 Å². The average Bonchev–Trinajstić information content (AvgIpc) is 1.89. The van der Waals surface area contributed by atoms with Gasteiger partial charge in [-0.3, -0.25) is 0 Å². The Morgan fingerprint density at radius 1 is 1.33 bits per heavy atom. The topological polar surface area (TPSA) is 0 Å². The molecule has 9 heavy (non-hydrogen) atoms. The van der Waals surface area contributed by atoms with E-state index in [0.717, 1.165) is 0 Å². The molecule has 0 unspecified atom stereocenters. The van der Waals surface area contributed by atoms with Crippen molar-refractivity contribution in [2.24, 2.45) is 0 Å². The van der Waals surface area contributed by atoms with E-state index >= 15 is 0 Å². The van der Waals surface area contributed by atoms with E-state index in [1.165, 1.54) is 24.3 Å². The maximum atomic E-state index is 2.47. The Kier molecular flexibility index (Phi) is 8.70. The van der Waals surface area contributed by atoms with Crippen LogP contribution in [0.2, 0.25) is 5.02 Å². The van der Waals surface area contributed by atoms with E-state index in [1.54, 1.807) is 0 Å². The molecule has 0 rings (SSSR count). The minimum atomic E-state index is -0.151. The van der Waals surface area contributed by atoms with Gasteiger partial charge in [0.2, 0.25) is 0 Å². The predicted octanol–water partition coefficient (Wildman–Crippen LogP) is 3.21. The fourth-order valence-electron chi connectivity index (χ4n) is 0.724. The molecular formula is C8H16Zn. The Balaban J connectivity index is 2.86. The van der Waals surface area contributed by atoms with Gasteiger partial charge in [-0.15, -0.1) is 0 Å². The summed E-state index contributed by atoms with van der Waals surface area (Å²) in [6.07, 6.45) is 6.42. The first-order valence-electron chi connectivity index (χ1n) is 4.06. The van der Waals surface area contributed by atoms with Crippen molar-refractivity contribution < 1.29 is 17.1 Å². The summed E-state index contributed by atoms with van der Waals surface area (Å²) in [6, 6.07) is 0. The van der Waals surface area contributed by atoms with Crippen LogP contribution in [0.5, 0.6) is 0 Å². The molecule has 0 aromatic heterocycles. The first-order valence-corrected chi connectivity index (χ1v) is 7.88. The molecule has 0 saturated carbocycles. The Bertz CT molecular complexity index is 67.0. The summed E-state index contributed by atoms with van der Waals surface area (Å²) in [7, 11) is 0. The van der Waals surface area contributed by atoms with Gasteiger partial charge >= 0.3 is 66.0 Å². The third-order valence-electron chi connectivity index (χ3n) is 1.35. The Morgan fingerprint density at radius 2 is 2.11 bits per heavy atom. The van der Waals surface area contributed by atoms with E-state index in [9.17, 15) is 0 Å². The standard InChI is InChI=1S/C6H11.C2H5.Zn/c1-3-5-6-4-2;1-2;/h1,3H,4-6H2,2H3;1H2,2H3;. The molecule has 0 aromatic rings. The molecular weight excluding hydrogens is 161 g/mol. The van der Waals surface area contributed by atoms with Gasteiger partial charge in [0, 0.05) is 0 Å². The quantitative estimate of drug-likeness (QED) is 0.447. The summed E-state index contributed by atoms with van der Waals surface area (Å²) in [5, 5.41) is 1.47. The van der Waals surface area contributed by atoms with Gasteiger partial charge in [-0.1, -0.05) is 0 Å². The molecule has 1 heteroatoms. The van der Waals surface area contributed by atoms with Gasteiger partial charge < -0.3 is 0 Å². The van der Waals surface area contributed by atoms with Crippen molar-refractivity contribution >= 4 is 0 Å². The van der Waals surface area contributed by atoms with Crippen molar-refractivity contribution in [3.63, 3.8) is 0 Å². The van der Waals surface area contributed by atoms with Gasteiger partial charge in [0.05, 0.1) is 0 Å². The van der Waals surface area contributed by atoms with Crippen molar-refractivity contribution in [2.45, 2.75) is 38.1 Å². The predicted molar refractivity (Wildman–Crippen MR) is 39.1 cm³/mol. The molecule has 0 radical (unpaired) electrons. The number of hydrogen-bond acceptors (Lipinski definition) is 0. The molecule has 0 nitrogen and oxygen atoms in total. The zero-order valence-corrected chi connectivity index (χ0v) is 9.66. The van der Waals surface area contributed by atoms with Crippen LogP contribution in [-0.2, 0) is 17.1 Å². The second kappa shape index (κ2) is 8.36. The first-order chi connectivity index (χ1) is 4.41. The van der Waals surface area contributed by atoms with Crippen molar-refractivity contribution in [2.75, 3.05) is 0 Å². The molecule has 0 aliphatic heterocycles. The average molecular weight is 178 g/mol. The van der Waals surface area contributed by atoms with Gasteiger partial charge in [0.25, 0.3) is 0 Å². The van der Waals surface area contributed by atoms with Crippen LogP contribution >= 0.6 is 0 Å². The summed E-state index contributed by atoms with van der Waals surface area (Å²) in [5.41, 5.74) is 0. The van der Waals surface area contributed by atoms with Crippen LogP contribution in [0.4, 0.5) is 0 Å². The summed E-state index contributed by atoms with van der Waals surface area (Å²) >= 11 is -0.151. The minimum absolute atomic E-state index is 0.151. The number of hydrogen-bond donors (Lipinski definition) is 0. The van der Waals surface area contributed by atoms with Crippen molar-refractivity contribution in [3.8, 4) is 0 Å². The summed E-state index contributed by atoms with van der Waals surface area (Å²) in [4.78, 5) is 0. The van der Waals surface area contributed by atoms with E-state index in [2.05, 4.69) is 24.6 Å². The zero-order valence-electron chi connectivity index (χ0n) is 6.69. The molecule has 0 heterocycles.